The Balaban J connectivity index is 1.48. The van der Waals surface area contributed by atoms with Crippen LogP contribution in [0.2, 0.25) is 0 Å². The lowest BCUT2D eigenvalue weighted by Crippen LogP contribution is -2.15. The molecule has 198 valence electrons. The van der Waals surface area contributed by atoms with E-state index in [9.17, 15) is 4.79 Å². The van der Waals surface area contributed by atoms with Gasteiger partial charge in [0.15, 0.2) is 11.0 Å². The molecule has 0 unspecified atom stereocenters. The van der Waals surface area contributed by atoms with Gasteiger partial charge in [0.05, 0.1) is 12.4 Å². The molecule has 38 heavy (non-hydrogen) atoms. The molecule has 1 atom stereocenters. The third-order valence-corrected chi connectivity index (χ3v) is 7.13. The first kappa shape index (κ1) is 27.3. The minimum atomic E-state index is -0.106. The Labute approximate surface area is 228 Å². The first-order valence-electron chi connectivity index (χ1n) is 12.9. The van der Waals surface area contributed by atoms with E-state index >= 15 is 0 Å². The molecule has 3 aromatic carbocycles. The van der Waals surface area contributed by atoms with Crippen LogP contribution in [0.3, 0.4) is 0 Å². The number of carbonyl (C=O) groups is 1. The van der Waals surface area contributed by atoms with Gasteiger partial charge in [0.1, 0.15) is 18.1 Å². The zero-order chi connectivity index (χ0) is 26.9. The zero-order valence-electron chi connectivity index (χ0n) is 22.3. The quantitative estimate of drug-likeness (QED) is 0.203. The van der Waals surface area contributed by atoms with Crippen molar-refractivity contribution in [2.24, 2.45) is 0 Å². The molecular formula is C30H34N4O3S. The standard InChI is InChI=1S/C30H34N4O3S/c1-5-22(4)23-9-11-24(12-10-23)31-29(35)20-38-30-33-32-28(19-37-27-15-7-21(3)8-16-27)34(30)25-13-17-26(18-14-25)36-6-2/h7-18,22H,5-6,19-20H2,1-4H3,(H,31,35)/t22-/m1/s1. The summed E-state index contributed by atoms with van der Waals surface area (Å²) >= 11 is 1.33. The maximum atomic E-state index is 12.7. The number of aromatic nitrogens is 3. The van der Waals surface area contributed by atoms with E-state index in [1.807, 2.05) is 79.1 Å². The highest BCUT2D eigenvalue weighted by Gasteiger charge is 2.17. The average molecular weight is 531 g/mol. The summed E-state index contributed by atoms with van der Waals surface area (Å²) in [4.78, 5) is 12.7. The van der Waals surface area contributed by atoms with Crippen LogP contribution >= 0.6 is 11.8 Å². The predicted octanol–water partition coefficient (Wildman–Crippen LogP) is 6.80. The number of nitrogens with zero attached hydrogens (tertiary/aromatic N) is 3. The first-order valence-corrected chi connectivity index (χ1v) is 13.8. The Kier molecular flexibility index (Phi) is 9.43. The van der Waals surface area contributed by atoms with Crippen LogP contribution in [0.4, 0.5) is 5.69 Å². The van der Waals surface area contributed by atoms with Gasteiger partial charge in [-0.2, -0.15) is 0 Å². The average Bonchev–Trinajstić information content (AvgIpc) is 3.35. The van der Waals surface area contributed by atoms with Gasteiger partial charge in [0, 0.05) is 11.4 Å². The predicted molar refractivity (Wildman–Crippen MR) is 153 cm³/mol. The molecule has 0 radical (unpaired) electrons. The molecule has 0 aliphatic carbocycles. The van der Waals surface area contributed by atoms with E-state index in [1.54, 1.807) is 0 Å². The number of benzene rings is 3. The Morgan fingerprint density at radius 2 is 1.58 bits per heavy atom. The van der Waals surface area contributed by atoms with Crippen LogP contribution < -0.4 is 14.8 Å². The smallest absolute Gasteiger partial charge is 0.234 e. The molecular weight excluding hydrogens is 496 g/mol. The van der Waals surface area contributed by atoms with Crippen LogP contribution in [-0.4, -0.2) is 33.0 Å². The first-order chi connectivity index (χ1) is 18.5. The van der Waals surface area contributed by atoms with Crippen LogP contribution in [-0.2, 0) is 11.4 Å². The molecule has 8 heteroatoms. The summed E-state index contributed by atoms with van der Waals surface area (Å²) in [5.74, 6) is 2.76. The van der Waals surface area contributed by atoms with Gasteiger partial charge in [-0.15, -0.1) is 10.2 Å². The molecule has 0 saturated carbocycles. The van der Waals surface area contributed by atoms with Crippen LogP contribution in [0.1, 0.15) is 50.1 Å². The number of anilines is 1. The Hall–Kier alpha value is -3.78. The van der Waals surface area contributed by atoms with E-state index in [0.717, 1.165) is 29.3 Å². The molecule has 0 aliphatic heterocycles. The lowest BCUT2D eigenvalue weighted by Gasteiger charge is -2.13. The van der Waals surface area contributed by atoms with Gasteiger partial charge < -0.3 is 14.8 Å². The van der Waals surface area contributed by atoms with Crippen molar-refractivity contribution in [3.05, 3.63) is 89.7 Å². The van der Waals surface area contributed by atoms with Gasteiger partial charge in [-0.1, -0.05) is 55.4 Å². The second-order valence-electron chi connectivity index (χ2n) is 9.03. The van der Waals surface area contributed by atoms with E-state index in [0.29, 0.717) is 23.5 Å². The fourth-order valence-corrected chi connectivity index (χ4v) is 4.62. The Morgan fingerprint density at radius 3 is 2.24 bits per heavy atom. The molecule has 0 fully saturated rings. The number of aryl methyl sites for hydroxylation is 1. The van der Waals surface area contributed by atoms with E-state index in [2.05, 4.69) is 41.5 Å². The highest BCUT2D eigenvalue weighted by Crippen LogP contribution is 2.26. The number of rotatable bonds is 12. The molecule has 1 heterocycles. The van der Waals surface area contributed by atoms with Crippen molar-refractivity contribution in [3.8, 4) is 17.2 Å². The van der Waals surface area contributed by atoms with Gasteiger partial charge in [-0.25, -0.2) is 0 Å². The van der Waals surface area contributed by atoms with E-state index < -0.39 is 0 Å². The third kappa shape index (κ3) is 7.16. The van der Waals surface area contributed by atoms with E-state index in [-0.39, 0.29) is 18.3 Å². The van der Waals surface area contributed by atoms with Crippen molar-refractivity contribution in [3.63, 3.8) is 0 Å². The van der Waals surface area contributed by atoms with Gasteiger partial charge in [-0.05, 0) is 80.3 Å². The largest absolute Gasteiger partial charge is 0.494 e. The van der Waals surface area contributed by atoms with Gasteiger partial charge >= 0.3 is 0 Å². The van der Waals surface area contributed by atoms with Crippen molar-refractivity contribution >= 4 is 23.4 Å². The lowest BCUT2D eigenvalue weighted by atomic mass is 9.99. The Morgan fingerprint density at radius 1 is 0.921 bits per heavy atom. The fourth-order valence-electron chi connectivity index (χ4n) is 3.84. The molecule has 4 aromatic rings. The lowest BCUT2D eigenvalue weighted by molar-refractivity contribution is -0.113. The summed E-state index contributed by atoms with van der Waals surface area (Å²) in [6.07, 6.45) is 1.08. The number of thioether (sulfide) groups is 1. The second-order valence-corrected chi connectivity index (χ2v) is 9.97. The van der Waals surface area contributed by atoms with E-state index in [4.69, 9.17) is 9.47 Å². The number of carbonyl (C=O) groups excluding carboxylic acids is 1. The van der Waals surface area contributed by atoms with Crippen molar-refractivity contribution < 1.29 is 14.3 Å². The minimum absolute atomic E-state index is 0.106. The monoisotopic (exact) mass is 530 g/mol. The number of nitrogens with one attached hydrogen (secondary N) is 1. The molecule has 0 saturated heterocycles. The van der Waals surface area contributed by atoms with Crippen molar-refractivity contribution in [1.82, 2.24) is 14.8 Å². The zero-order valence-corrected chi connectivity index (χ0v) is 23.1. The summed E-state index contributed by atoms with van der Waals surface area (Å²) in [6, 6.07) is 23.6. The highest BCUT2D eigenvalue weighted by molar-refractivity contribution is 7.99. The van der Waals surface area contributed by atoms with Gasteiger partial charge in [0.2, 0.25) is 5.91 Å². The summed E-state index contributed by atoms with van der Waals surface area (Å²) in [7, 11) is 0. The number of ether oxygens (including phenoxy) is 2. The van der Waals surface area contributed by atoms with E-state index in [1.165, 1.54) is 22.9 Å². The summed E-state index contributed by atoms with van der Waals surface area (Å²) in [6.45, 7) is 9.19. The third-order valence-electron chi connectivity index (χ3n) is 6.20. The summed E-state index contributed by atoms with van der Waals surface area (Å²) in [5.41, 5.74) is 4.08. The molecule has 7 nitrogen and oxygen atoms in total. The highest BCUT2D eigenvalue weighted by atomic mass is 32.2. The topological polar surface area (TPSA) is 78.3 Å². The van der Waals surface area contributed by atoms with Gasteiger partial charge in [0.25, 0.3) is 0 Å². The normalized spacial score (nSPS) is 11.7. The maximum Gasteiger partial charge on any atom is 0.234 e. The van der Waals surface area contributed by atoms with Gasteiger partial charge in [-0.3, -0.25) is 9.36 Å². The number of hydrogen-bond acceptors (Lipinski definition) is 6. The van der Waals surface area contributed by atoms with Crippen LogP contribution in [0.15, 0.2) is 78.0 Å². The minimum Gasteiger partial charge on any atom is -0.494 e. The van der Waals surface area contributed by atoms with Crippen LogP contribution in [0, 0.1) is 6.92 Å². The molecule has 0 bridgehead atoms. The summed E-state index contributed by atoms with van der Waals surface area (Å²) in [5, 5.41) is 12.4. The van der Waals surface area contributed by atoms with Crippen LogP contribution in [0.5, 0.6) is 11.5 Å². The second kappa shape index (κ2) is 13.1. The maximum absolute atomic E-state index is 12.7. The summed E-state index contributed by atoms with van der Waals surface area (Å²) < 4.78 is 13.5. The molecule has 1 aromatic heterocycles. The molecule has 0 aliphatic rings. The number of amides is 1. The Bertz CT molecular complexity index is 1320. The van der Waals surface area contributed by atoms with Crippen molar-refractivity contribution in [2.45, 2.75) is 51.8 Å². The SMILES string of the molecule is CCOc1ccc(-n2c(COc3ccc(C)cc3)nnc2SCC(=O)Nc2ccc([C@H](C)CC)cc2)cc1. The molecule has 1 N–H and O–H groups in total. The molecule has 4 rings (SSSR count). The molecule has 1 amide bonds. The van der Waals surface area contributed by atoms with Crippen LogP contribution in [0.25, 0.3) is 5.69 Å². The number of hydrogen-bond donors (Lipinski definition) is 1. The van der Waals surface area contributed by atoms with Crippen molar-refractivity contribution in [2.75, 3.05) is 17.7 Å². The van der Waals surface area contributed by atoms with Crippen molar-refractivity contribution in [1.29, 1.82) is 0 Å². The molecule has 0 spiro atoms. The fraction of sp³-hybridized carbons (Fsp3) is 0.300.